The fourth-order valence-electron chi connectivity index (χ4n) is 4.75. The SMILES string of the molecule is [Cl-].c1ccc2c(c1)-c1ccccc1[N+]21c2ccccc2-c2ccccc21. The van der Waals surface area contributed by atoms with Crippen molar-refractivity contribution < 1.29 is 12.4 Å². The van der Waals surface area contributed by atoms with Crippen LogP contribution in [-0.2, 0) is 0 Å². The highest BCUT2D eigenvalue weighted by molar-refractivity contribution is 6.10. The van der Waals surface area contributed by atoms with Gasteiger partial charge in [-0.3, -0.25) is 0 Å². The molecule has 2 heterocycles. The lowest BCUT2D eigenvalue weighted by atomic mass is 10.1. The number of nitrogens with zero attached hydrogens (tertiary/aromatic N) is 1. The van der Waals surface area contributed by atoms with E-state index in [2.05, 4.69) is 97.1 Å². The zero-order valence-corrected chi connectivity index (χ0v) is 14.8. The zero-order chi connectivity index (χ0) is 16.4. The third kappa shape index (κ3) is 1.60. The number of benzene rings is 4. The molecule has 124 valence electrons. The van der Waals surface area contributed by atoms with Gasteiger partial charge in [0.2, 0.25) is 0 Å². The van der Waals surface area contributed by atoms with Gasteiger partial charge in [0.25, 0.3) is 0 Å². The van der Waals surface area contributed by atoms with Crippen LogP contribution in [0.4, 0.5) is 22.7 Å². The lowest BCUT2D eigenvalue weighted by Gasteiger charge is -2.31. The quantitative estimate of drug-likeness (QED) is 0.363. The van der Waals surface area contributed by atoms with Gasteiger partial charge in [-0.25, -0.2) is 0 Å². The van der Waals surface area contributed by atoms with Crippen molar-refractivity contribution in [1.29, 1.82) is 0 Å². The summed E-state index contributed by atoms with van der Waals surface area (Å²) in [5.74, 6) is 0. The maximum Gasteiger partial charge on any atom is 0.156 e. The minimum atomic E-state index is 0. The van der Waals surface area contributed by atoms with Crippen LogP contribution in [-0.4, -0.2) is 0 Å². The maximum atomic E-state index is 2.29. The molecule has 0 N–H and O–H groups in total. The Morgan fingerprint density at radius 1 is 0.346 bits per heavy atom. The highest BCUT2D eigenvalue weighted by Gasteiger charge is 2.53. The number of quaternary nitrogens is 1. The third-order valence-electron chi connectivity index (χ3n) is 5.64. The lowest BCUT2D eigenvalue weighted by molar-refractivity contribution is -0.00000461. The maximum absolute atomic E-state index is 2.29. The molecule has 4 aromatic rings. The van der Waals surface area contributed by atoms with Gasteiger partial charge in [0.05, 0.1) is 22.3 Å². The van der Waals surface area contributed by atoms with Gasteiger partial charge >= 0.3 is 0 Å². The summed E-state index contributed by atoms with van der Waals surface area (Å²) in [4.78, 5) is 0. The monoisotopic (exact) mass is 353 g/mol. The molecule has 0 unspecified atom stereocenters. The summed E-state index contributed by atoms with van der Waals surface area (Å²) >= 11 is 0. The average Bonchev–Trinajstić information content (AvgIpc) is 3.16. The Hall–Kier alpha value is -2.87. The van der Waals surface area contributed by atoms with Gasteiger partial charge in [-0.15, -0.1) is 0 Å². The van der Waals surface area contributed by atoms with Crippen LogP contribution in [0, 0.1) is 0 Å². The Balaban J connectivity index is 0.00000150. The van der Waals surface area contributed by atoms with E-state index in [1.54, 1.807) is 0 Å². The number of para-hydroxylation sites is 4. The summed E-state index contributed by atoms with van der Waals surface area (Å²) in [6.45, 7) is 0. The molecule has 2 heteroatoms. The van der Waals surface area contributed by atoms with E-state index < -0.39 is 0 Å². The molecule has 6 rings (SSSR count). The Morgan fingerprint density at radius 2 is 0.577 bits per heavy atom. The van der Waals surface area contributed by atoms with Crippen LogP contribution >= 0.6 is 0 Å². The van der Waals surface area contributed by atoms with Gasteiger partial charge in [-0.05, 0) is 24.3 Å². The van der Waals surface area contributed by atoms with Crippen molar-refractivity contribution >= 4 is 22.7 Å². The molecule has 0 bridgehead atoms. The van der Waals surface area contributed by atoms with Gasteiger partial charge in [-0.2, -0.15) is 4.48 Å². The molecular weight excluding hydrogens is 338 g/mol. The molecular formula is C24H16ClN. The molecule has 0 amide bonds. The van der Waals surface area contributed by atoms with E-state index in [0.29, 0.717) is 4.48 Å². The predicted octanol–water partition coefficient (Wildman–Crippen LogP) is 3.95. The number of hydrogen-bond donors (Lipinski definition) is 0. The number of rotatable bonds is 0. The predicted molar refractivity (Wildman–Crippen MR) is 105 cm³/mol. The molecule has 0 aliphatic carbocycles. The summed E-state index contributed by atoms with van der Waals surface area (Å²) in [6, 6.07) is 35.4. The van der Waals surface area contributed by atoms with Gasteiger partial charge in [0, 0.05) is 24.3 Å². The second kappa shape index (κ2) is 5.31. The first kappa shape index (κ1) is 15.4. The Morgan fingerprint density at radius 3 is 0.846 bits per heavy atom. The molecule has 1 spiro atoms. The van der Waals surface area contributed by atoms with E-state index in [9.17, 15) is 0 Å². The lowest BCUT2D eigenvalue weighted by Crippen LogP contribution is -3.00. The number of halogens is 1. The number of hydrogen-bond acceptors (Lipinski definition) is 0. The smallest absolute Gasteiger partial charge is 0.156 e. The summed E-state index contributed by atoms with van der Waals surface area (Å²) in [5, 5.41) is 0. The van der Waals surface area contributed by atoms with Gasteiger partial charge in [-0.1, -0.05) is 48.5 Å². The Labute approximate surface area is 159 Å². The van der Waals surface area contributed by atoms with Gasteiger partial charge in [0.15, 0.2) is 22.7 Å². The third-order valence-corrected chi connectivity index (χ3v) is 5.64. The van der Waals surface area contributed by atoms with Crippen LogP contribution in [0.15, 0.2) is 97.1 Å². The van der Waals surface area contributed by atoms with E-state index in [0.717, 1.165) is 0 Å². The first-order valence-corrected chi connectivity index (χ1v) is 8.70. The minimum Gasteiger partial charge on any atom is -1.00 e. The highest BCUT2D eigenvalue weighted by atomic mass is 35.5. The molecule has 4 aromatic carbocycles. The van der Waals surface area contributed by atoms with Crippen LogP contribution in [0.1, 0.15) is 0 Å². The summed E-state index contributed by atoms with van der Waals surface area (Å²) in [5.41, 5.74) is 10.7. The van der Waals surface area contributed by atoms with Crippen molar-refractivity contribution in [3.8, 4) is 22.3 Å². The second-order valence-corrected chi connectivity index (χ2v) is 6.74. The van der Waals surface area contributed by atoms with E-state index in [1.807, 2.05) is 0 Å². The molecule has 0 saturated carbocycles. The summed E-state index contributed by atoms with van der Waals surface area (Å²) < 4.78 is 0.707. The van der Waals surface area contributed by atoms with Gasteiger partial charge in [0.1, 0.15) is 0 Å². The molecule has 0 aromatic heterocycles. The minimum absolute atomic E-state index is 0. The van der Waals surface area contributed by atoms with E-state index >= 15 is 0 Å². The fourth-order valence-corrected chi connectivity index (χ4v) is 4.75. The van der Waals surface area contributed by atoms with E-state index in [1.165, 1.54) is 45.0 Å². The summed E-state index contributed by atoms with van der Waals surface area (Å²) in [7, 11) is 0. The molecule has 0 fully saturated rings. The van der Waals surface area contributed by atoms with Crippen LogP contribution < -0.4 is 16.9 Å². The van der Waals surface area contributed by atoms with Crippen molar-refractivity contribution in [2.75, 3.05) is 0 Å². The standard InChI is InChI=1S/C24H16N.ClH/c1-5-13-21-17(9-1)18-10-2-6-14-22(18)25(21)23-15-7-3-11-19(23)20-12-4-8-16-24(20)25;/h1-16H;1H/q+1;/p-1. The Bertz CT molecular complexity index is 974. The van der Waals surface area contributed by atoms with Crippen LogP contribution in [0.3, 0.4) is 0 Å². The normalized spacial score (nSPS) is 14.2. The molecule has 0 radical (unpaired) electrons. The van der Waals surface area contributed by atoms with Crippen LogP contribution in [0.25, 0.3) is 22.3 Å². The molecule has 0 atom stereocenters. The van der Waals surface area contributed by atoms with Crippen molar-refractivity contribution in [3.63, 3.8) is 0 Å². The van der Waals surface area contributed by atoms with Crippen molar-refractivity contribution in [3.05, 3.63) is 97.1 Å². The topological polar surface area (TPSA) is 0 Å². The molecule has 0 saturated heterocycles. The summed E-state index contributed by atoms with van der Waals surface area (Å²) in [6.07, 6.45) is 0. The second-order valence-electron chi connectivity index (χ2n) is 6.74. The van der Waals surface area contributed by atoms with Crippen molar-refractivity contribution in [2.45, 2.75) is 0 Å². The first-order valence-electron chi connectivity index (χ1n) is 8.70. The number of fused-ring (bicyclic) bond motifs is 10. The largest absolute Gasteiger partial charge is 1.00 e. The van der Waals surface area contributed by atoms with Crippen LogP contribution in [0.2, 0.25) is 0 Å². The molecule has 2 aliphatic heterocycles. The fraction of sp³-hybridized carbons (Fsp3) is 0. The average molecular weight is 354 g/mol. The zero-order valence-electron chi connectivity index (χ0n) is 14.1. The van der Waals surface area contributed by atoms with Crippen LogP contribution in [0.5, 0.6) is 0 Å². The van der Waals surface area contributed by atoms with E-state index in [4.69, 9.17) is 0 Å². The highest BCUT2D eigenvalue weighted by Crippen LogP contribution is 2.68. The molecule has 1 nitrogen and oxygen atoms in total. The first-order chi connectivity index (χ1) is 12.4. The molecule has 2 aliphatic rings. The van der Waals surface area contributed by atoms with E-state index in [-0.39, 0.29) is 12.4 Å². The van der Waals surface area contributed by atoms with Crippen molar-refractivity contribution in [2.24, 2.45) is 0 Å². The van der Waals surface area contributed by atoms with Crippen molar-refractivity contribution in [1.82, 2.24) is 4.48 Å². The van der Waals surface area contributed by atoms with Gasteiger partial charge < -0.3 is 12.4 Å². The Kier molecular flexibility index (Phi) is 3.14. The molecule has 26 heavy (non-hydrogen) atoms.